The molecule has 2 unspecified atom stereocenters. The number of nitrogens with one attached hydrogen (secondary N) is 2. The van der Waals surface area contributed by atoms with E-state index >= 15 is 0 Å². The Labute approximate surface area is 193 Å². The molecule has 0 aromatic heterocycles. The van der Waals surface area contributed by atoms with E-state index in [4.69, 9.17) is 10.5 Å². The van der Waals surface area contributed by atoms with Gasteiger partial charge in [0.15, 0.2) is 0 Å². The van der Waals surface area contributed by atoms with Crippen LogP contribution in [0.3, 0.4) is 0 Å². The monoisotopic (exact) mass is 431 g/mol. The van der Waals surface area contributed by atoms with Gasteiger partial charge in [0.05, 0.1) is 7.11 Å². The van der Waals surface area contributed by atoms with Crippen molar-refractivity contribution in [3.05, 3.63) is 101 Å². The molecule has 0 amide bonds. The first-order chi connectivity index (χ1) is 15.6. The highest BCUT2D eigenvalue weighted by molar-refractivity contribution is 5.30. The van der Waals surface area contributed by atoms with E-state index in [1.807, 2.05) is 12.1 Å². The fraction of sp³-hybridized carbons (Fsp3) is 0.357. The lowest BCUT2D eigenvalue weighted by molar-refractivity contribution is 0.413. The molecule has 3 aromatic carbocycles. The highest BCUT2D eigenvalue weighted by Crippen LogP contribution is 2.21. The van der Waals surface area contributed by atoms with E-state index in [9.17, 15) is 0 Å². The van der Waals surface area contributed by atoms with Crippen molar-refractivity contribution in [3.63, 3.8) is 0 Å². The van der Waals surface area contributed by atoms with E-state index in [-0.39, 0.29) is 12.1 Å². The summed E-state index contributed by atoms with van der Waals surface area (Å²) in [7, 11) is 1.70. The first kappa shape index (κ1) is 24.0. The SMILES string of the molecule is COc1ccc(C(CNC(CCN)c2ccc(C)cc2)NCCc2ccc(C)cc2)cc1. The molecule has 3 rings (SSSR count). The summed E-state index contributed by atoms with van der Waals surface area (Å²) >= 11 is 0. The number of benzene rings is 3. The summed E-state index contributed by atoms with van der Waals surface area (Å²) in [6.07, 6.45) is 1.90. The Balaban J connectivity index is 1.68. The van der Waals surface area contributed by atoms with Gasteiger partial charge >= 0.3 is 0 Å². The summed E-state index contributed by atoms with van der Waals surface area (Å²) in [5.74, 6) is 0.876. The Morgan fingerprint density at radius 2 is 1.31 bits per heavy atom. The number of nitrogens with two attached hydrogens (primary N) is 1. The summed E-state index contributed by atoms with van der Waals surface area (Å²) in [5, 5.41) is 7.53. The van der Waals surface area contributed by atoms with Gasteiger partial charge in [-0.25, -0.2) is 0 Å². The topological polar surface area (TPSA) is 59.3 Å². The van der Waals surface area contributed by atoms with E-state index in [0.717, 1.165) is 31.7 Å². The molecule has 32 heavy (non-hydrogen) atoms. The maximum Gasteiger partial charge on any atom is 0.118 e. The molecule has 0 spiro atoms. The first-order valence-corrected chi connectivity index (χ1v) is 11.5. The van der Waals surface area contributed by atoms with Crippen LogP contribution in [0.5, 0.6) is 5.75 Å². The van der Waals surface area contributed by atoms with Gasteiger partial charge in [0.1, 0.15) is 5.75 Å². The maximum atomic E-state index is 5.93. The Morgan fingerprint density at radius 1 is 0.750 bits per heavy atom. The van der Waals surface area contributed by atoms with E-state index in [2.05, 4.69) is 85.1 Å². The third kappa shape index (κ3) is 7.20. The van der Waals surface area contributed by atoms with Crippen molar-refractivity contribution in [3.8, 4) is 5.75 Å². The molecule has 170 valence electrons. The lowest BCUT2D eigenvalue weighted by Crippen LogP contribution is -2.35. The fourth-order valence-corrected chi connectivity index (χ4v) is 3.90. The smallest absolute Gasteiger partial charge is 0.118 e. The zero-order valence-corrected chi connectivity index (χ0v) is 19.6. The summed E-state index contributed by atoms with van der Waals surface area (Å²) in [6, 6.07) is 26.3. The van der Waals surface area contributed by atoms with Crippen molar-refractivity contribution in [1.29, 1.82) is 0 Å². The minimum atomic E-state index is 0.192. The quantitative estimate of drug-likeness (QED) is 0.383. The summed E-state index contributed by atoms with van der Waals surface area (Å²) < 4.78 is 5.35. The number of ether oxygens (including phenoxy) is 1. The first-order valence-electron chi connectivity index (χ1n) is 11.5. The van der Waals surface area contributed by atoms with Crippen LogP contribution in [-0.4, -0.2) is 26.7 Å². The molecule has 0 saturated heterocycles. The minimum absolute atomic E-state index is 0.192. The van der Waals surface area contributed by atoms with Gasteiger partial charge < -0.3 is 21.1 Å². The largest absolute Gasteiger partial charge is 0.497 e. The van der Waals surface area contributed by atoms with Crippen LogP contribution in [0.15, 0.2) is 72.8 Å². The highest BCUT2D eigenvalue weighted by Gasteiger charge is 2.16. The number of methoxy groups -OCH3 is 1. The Bertz CT molecular complexity index is 920. The molecule has 3 aromatic rings. The minimum Gasteiger partial charge on any atom is -0.497 e. The Hall–Kier alpha value is -2.66. The third-order valence-corrected chi connectivity index (χ3v) is 5.95. The normalized spacial score (nSPS) is 13.0. The van der Waals surface area contributed by atoms with Crippen LogP contribution in [0.2, 0.25) is 0 Å². The second-order valence-corrected chi connectivity index (χ2v) is 8.46. The molecule has 0 heterocycles. The predicted molar refractivity (Wildman–Crippen MR) is 134 cm³/mol. The number of hydrogen-bond acceptors (Lipinski definition) is 4. The average Bonchev–Trinajstić information content (AvgIpc) is 2.82. The van der Waals surface area contributed by atoms with E-state index in [0.29, 0.717) is 6.54 Å². The summed E-state index contributed by atoms with van der Waals surface area (Å²) in [5.41, 5.74) is 12.4. The van der Waals surface area contributed by atoms with Gasteiger partial charge in [-0.05, 0) is 68.6 Å². The molecule has 0 radical (unpaired) electrons. The molecule has 0 aliphatic rings. The molecule has 4 N–H and O–H groups in total. The Kier molecular flexibility index (Phi) is 9.29. The number of hydrogen-bond donors (Lipinski definition) is 3. The van der Waals surface area contributed by atoms with Gasteiger partial charge in [-0.1, -0.05) is 71.8 Å². The Morgan fingerprint density at radius 3 is 1.91 bits per heavy atom. The molecule has 0 aliphatic carbocycles. The van der Waals surface area contributed by atoms with Crippen molar-refractivity contribution in [2.75, 3.05) is 26.7 Å². The van der Waals surface area contributed by atoms with Gasteiger partial charge in [0.2, 0.25) is 0 Å². The van der Waals surface area contributed by atoms with Crippen molar-refractivity contribution in [2.24, 2.45) is 5.73 Å². The van der Waals surface area contributed by atoms with Gasteiger partial charge in [-0.3, -0.25) is 0 Å². The summed E-state index contributed by atoms with van der Waals surface area (Å²) in [6.45, 7) is 6.62. The fourth-order valence-electron chi connectivity index (χ4n) is 3.90. The molecule has 0 saturated carbocycles. The molecule has 0 fully saturated rings. The molecule has 4 heteroatoms. The van der Waals surface area contributed by atoms with Crippen LogP contribution in [0.25, 0.3) is 0 Å². The van der Waals surface area contributed by atoms with Crippen LogP contribution in [0.4, 0.5) is 0 Å². The van der Waals surface area contributed by atoms with Gasteiger partial charge in [-0.2, -0.15) is 0 Å². The molecule has 0 bridgehead atoms. The van der Waals surface area contributed by atoms with Crippen LogP contribution < -0.4 is 21.1 Å². The molecular weight excluding hydrogens is 394 g/mol. The second kappa shape index (κ2) is 12.4. The standard InChI is InChI=1S/C28H37N3O/c1-21-4-8-23(9-5-21)17-19-30-28(25-12-14-26(32-3)15-13-25)20-31-27(16-18-29)24-10-6-22(2)7-11-24/h4-15,27-28,30-31H,16-20,29H2,1-3H3. The summed E-state index contributed by atoms with van der Waals surface area (Å²) in [4.78, 5) is 0. The average molecular weight is 432 g/mol. The van der Waals surface area contributed by atoms with Crippen molar-refractivity contribution in [2.45, 2.75) is 38.8 Å². The van der Waals surface area contributed by atoms with E-state index in [1.54, 1.807) is 7.11 Å². The van der Waals surface area contributed by atoms with E-state index < -0.39 is 0 Å². The maximum absolute atomic E-state index is 5.93. The van der Waals surface area contributed by atoms with Crippen LogP contribution >= 0.6 is 0 Å². The molecule has 4 nitrogen and oxygen atoms in total. The van der Waals surface area contributed by atoms with Crippen molar-refractivity contribution < 1.29 is 4.74 Å². The zero-order chi connectivity index (χ0) is 22.8. The molecule has 2 atom stereocenters. The van der Waals surface area contributed by atoms with Gasteiger partial charge in [-0.15, -0.1) is 0 Å². The second-order valence-electron chi connectivity index (χ2n) is 8.46. The highest BCUT2D eigenvalue weighted by atomic mass is 16.5. The van der Waals surface area contributed by atoms with Crippen molar-refractivity contribution >= 4 is 0 Å². The number of rotatable bonds is 12. The van der Waals surface area contributed by atoms with Crippen LogP contribution in [-0.2, 0) is 6.42 Å². The van der Waals surface area contributed by atoms with Gasteiger partial charge in [0.25, 0.3) is 0 Å². The van der Waals surface area contributed by atoms with Crippen molar-refractivity contribution in [1.82, 2.24) is 10.6 Å². The molecular formula is C28H37N3O. The number of aryl methyl sites for hydroxylation is 2. The van der Waals surface area contributed by atoms with Gasteiger partial charge in [0, 0.05) is 18.6 Å². The van der Waals surface area contributed by atoms with Crippen LogP contribution in [0.1, 0.15) is 46.3 Å². The predicted octanol–water partition coefficient (Wildman–Crippen LogP) is 4.87. The zero-order valence-electron chi connectivity index (χ0n) is 19.6. The van der Waals surface area contributed by atoms with Crippen LogP contribution in [0, 0.1) is 13.8 Å². The third-order valence-electron chi connectivity index (χ3n) is 5.95. The van der Waals surface area contributed by atoms with E-state index in [1.165, 1.54) is 27.8 Å². The molecule has 0 aliphatic heterocycles. The lowest BCUT2D eigenvalue weighted by atomic mass is 10.0. The lowest BCUT2D eigenvalue weighted by Gasteiger charge is -2.25.